The second-order valence-electron chi connectivity index (χ2n) is 13.5. The monoisotopic (exact) mass is 641 g/mol. The molecule has 8 aromatic carbocycles. The Kier molecular flexibility index (Phi) is 7.21. The van der Waals surface area contributed by atoms with E-state index in [-0.39, 0.29) is 0 Å². The van der Waals surface area contributed by atoms with Crippen molar-refractivity contribution >= 4 is 43.1 Å². The van der Waals surface area contributed by atoms with Crippen LogP contribution in [0, 0.1) is 6.92 Å². The first kappa shape index (κ1) is 29.9. The Morgan fingerprint density at radius 3 is 1.50 bits per heavy atom. The molecular formula is C47H35N3. The van der Waals surface area contributed by atoms with Crippen LogP contribution < -0.4 is 0 Å². The number of hydrogen-bond donors (Lipinski definition) is 0. The fourth-order valence-corrected chi connectivity index (χ4v) is 7.49. The summed E-state index contributed by atoms with van der Waals surface area (Å²) in [5, 5.41) is 10.1. The summed E-state index contributed by atoms with van der Waals surface area (Å²) in [5.41, 5.74) is 7.80. The fourth-order valence-electron chi connectivity index (χ4n) is 7.49. The van der Waals surface area contributed by atoms with Crippen LogP contribution in [0.25, 0.3) is 88.4 Å². The molecule has 0 aliphatic rings. The zero-order valence-electron chi connectivity index (χ0n) is 28.4. The van der Waals surface area contributed by atoms with Crippen LogP contribution in [0.4, 0.5) is 0 Å². The van der Waals surface area contributed by atoms with Crippen LogP contribution in [0.15, 0.2) is 152 Å². The topological polar surface area (TPSA) is 38.7 Å². The Labute approximate surface area is 292 Å². The second-order valence-corrected chi connectivity index (χ2v) is 13.5. The minimum Gasteiger partial charge on any atom is -0.208 e. The highest BCUT2D eigenvalue weighted by molar-refractivity contribution is 6.29. The summed E-state index contributed by atoms with van der Waals surface area (Å²) in [4.78, 5) is 15.3. The molecule has 0 spiro atoms. The van der Waals surface area contributed by atoms with Gasteiger partial charge in [-0.1, -0.05) is 141 Å². The summed E-state index contributed by atoms with van der Waals surface area (Å²) in [5.74, 6) is 2.36. The lowest BCUT2D eigenvalue weighted by Gasteiger charge is -2.19. The SMILES string of the molecule is Cc1cc(-c2nc(-c3ccccc3)nc(-c3ccc(-c4ccccc4)cc3)n2)cc2c3cc4ccccc4cc3c3cccc(C(C)C)c3c12. The molecule has 0 bridgehead atoms. The lowest BCUT2D eigenvalue weighted by molar-refractivity contribution is 0.877. The second kappa shape index (κ2) is 12.0. The average molecular weight is 642 g/mol. The summed E-state index contributed by atoms with van der Waals surface area (Å²) in [6, 6.07) is 53.9. The molecule has 1 heterocycles. The van der Waals surface area contributed by atoms with E-state index in [0.717, 1.165) is 22.3 Å². The van der Waals surface area contributed by atoms with E-state index < -0.39 is 0 Å². The van der Waals surface area contributed by atoms with Gasteiger partial charge in [-0.15, -0.1) is 0 Å². The van der Waals surface area contributed by atoms with E-state index in [1.807, 2.05) is 24.3 Å². The fraction of sp³-hybridized carbons (Fsp3) is 0.0851. The van der Waals surface area contributed by atoms with E-state index in [4.69, 9.17) is 15.0 Å². The quantitative estimate of drug-likeness (QED) is 0.139. The predicted molar refractivity (Wildman–Crippen MR) is 210 cm³/mol. The lowest BCUT2D eigenvalue weighted by Crippen LogP contribution is -2.01. The minimum atomic E-state index is 0.381. The van der Waals surface area contributed by atoms with Crippen LogP contribution >= 0.6 is 0 Å². The minimum absolute atomic E-state index is 0.381. The number of benzene rings is 8. The molecule has 0 aliphatic carbocycles. The molecule has 0 amide bonds. The number of aromatic nitrogens is 3. The van der Waals surface area contributed by atoms with Crippen LogP contribution in [0.5, 0.6) is 0 Å². The molecule has 9 aromatic rings. The van der Waals surface area contributed by atoms with Crippen molar-refractivity contribution in [1.82, 2.24) is 15.0 Å². The molecule has 0 N–H and O–H groups in total. The maximum absolute atomic E-state index is 5.17. The van der Waals surface area contributed by atoms with Gasteiger partial charge in [-0.3, -0.25) is 0 Å². The number of rotatable bonds is 5. The van der Waals surface area contributed by atoms with Gasteiger partial charge in [-0.05, 0) is 102 Å². The Hall–Kier alpha value is -6.19. The highest BCUT2D eigenvalue weighted by atomic mass is 15.0. The van der Waals surface area contributed by atoms with Crippen LogP contribution in [0.2, 0.25) is 0 Å². The van der Waals surface area contributed by atoms with Crippen molar-refractivity contribution in [2.24, 2.45) is 0 Å². The van der Waals surface area contributed by atoms with Crippen molar-refractivity contribution in [3.05, 3.63) is 163 Å². The highest BCUT2D eigenvalue weighted by Crippen LogP contribution is 2.43. The third kappa shape index (κ3) is 5.10. The molecule has 0 aliphatic heterocycles. The van der Waals surface area contributed by atoms with Crippen LogP contribution in [0.1, 0.15) is 30.9 Å². The highest BCUT2D eigenvalue weighted by Gasteiger charge is 2.19. The van der Waals surface area contributed by atoms with E-state index >= 15 is 0 Å². The molecule has 3 nitrogen and oxygen atoms in total. The Bertz CT molecular complexity index is 2710. The number of hydrogen-bond acceptors (Lipinski definition) is 3. The molecule has 0 radical (unpaired) electrons. The number of fused-ring (bicyclic) bond motifs is 7. The third-order valence-electron chi connectivity index (χ3n) is 9.95. The van der Waals surface area contributed by atoms with E-state index in [1.54, 1.807) is 0 Å². The summed E-state index contributed by atoms with van der Waals surface area (Å²) >= 11 is 0. The van der Waals surface area contributed by atoms with Crippen molar-refractivity contribution < 1.29 is 0 Å². The first-order chi connectivity index (χ1) is 24.5. The molecule has 0 atom stereocenters. The average Bonchev–Trinajstić information content (AvgIpc) is 3.17. The normalized spacial score (nSPS) is 11.7. The largest absolute Gasteiger partial charge is 0.208 e. The summed E-state index contributed by atoms with van der Waals surface area (Å²) in [6.07, 6.45) is 0. The Morgan fingerprint density at radius 1 is 0.380 bits per heavy atom. The molecule has 0 saturated carbocycles. The summed E-state index contributed by atoms with van der Waals surface area (Å²) in [6.45, 7) is 6.81. The van der Waals surface area contributed by atoms with Crippen molar-refractivity contribution in [2.75, 3.05) is 0 Å². The van der Waals surface area contributed by atoms with Crippen LogP contribution in [-0.2, 0) is 0 Å². The first-order valence-corrected chi connectivity index (χ1v) is 17.3. The first-order valence-electron chi connectivity index (χ1n) is 17.3. The van der Waals surface area contributed by atoms with Gasteiger partial charge in [-0.2, -0.15) is 0 Å². The standard InChI is InChI=1S/C47H35N3/c1-29(2)38-19-12-20-39-40-26-35-17-10-11-18-36(35)27-41(40)42-28-37(25-30(3)43(42)44(38)39)47-49-45(33-15-8-5-9-16-33)48-46(50-47)34-23-21-32(22-24-34)31-13-6-4-7-14-31/h4-29H,1-3H3. The van der Waals surface area contributed by atoms with Gasteiger partial charge in [0.1, 0.15) is 0 Å². The maximum atomic E-state index is 5.17. The van der Waals surface area contributed by atoms with Gasteiger partial charge in [0.2, 0.25) is 0 Å². The zero-order chi connectivity index (χ0) is 33.8. The molecule has 0 fully saturated rings. The van der Waals surface area contributed by atoms with E-state index in [1.165, 1.54) is 59.8 Å². The van der Waals surface area contributed by atoms with Crippen LogP contribution in [0.3, 0.4) is 0 Å². The Morgan fingerprint density at radius 2 is 0.880 bits per heavy atom. The molecule has 50 heavy (non-hydrogen) atoms. The van der Waals surface area contributed by atoms with Crippen molar-refractivity contribution in [2.45, 2.75) is 26.7 Å². The van der Waals surface area contributed by atoms with Crippen molar-refractivity contribution in [3.63, 3.8) is 0 Å². The number of nitrogens with zero attached hydrogens (tertiary/aromatic N) is 3. The smallest absolute Gasteiger partial charge is 0.164 e. The predicted octanol–water partition coefficient (Wildman–Crippen LogP) is 12.6. The van der Waals surface area contributed by atoms with Gasteiger partial charge in [0.25, 0.3) is 0 Å². The molecule has 9 rings (SSSR count). The molecule has 1 aromatic heterocycles. The Balaban J connectivity index is 1.31. The summed E-state index contributed by atoms with van der Waals surface area (Å²) in [7, 11) is 0. The van der Waals surface area contributed by atoms with Crippen molar-refractivity contribution in [1.29, 1.82) is 0 Å². The van der Waals surface area contributed by atoms with E-state index in [9.17, 15) is 0 Å². The molecule has 0 unspecified atom stereocenters. The third-order valence-corrected chi connectivity index (χ3v) is 9.95. The van der Waals surface area contributed by atoms with Gasteiger partial charge in [0, 0.05) is 16.7 Å². The van der Waals surface area contributed by atoms with Gasteiger partial charge >= 0.3 is 0 Å². The molecule has 0 saturated heterocycles. The van der Waals surface area contributed by atoms with Crippen LogP contribution in [-0.4, -0.2) is 15.0 Å². The molecular weight excluding hydrogens is 607 g/mol. The van der Waals surface area contributed by atoms with E-state index in [0.29, 0.717) is 23.4 Å². The molecule has 238 valence electrons. The van der Waals surface area contributed by atoms with E-state index in [2.05, 4.69) is 148 Å². The maximum Gasteiger partial charge on any atom is 0.164 e. The molecule has 3 heteroatoms. The van der Waals surface area contributed by atoms with Crippen molar-refractivity contribution in [3.8, 4) is 45.3 Å². The van der Waals surface area contributed by atoms with Gasteiger partial charge in [0.05, 0.1) is 0 Å². The van der Waals surface area contributed by atoms with Gasteiger partial charge in [0.15, 0.2) is 17.5 Å². The lowest BCUT2D eigenvalue weighted by atomic mass is 9.85. The van der Waals surface area contributed by atoms with Gasteiger partial charge < -0.3 is 0 Å². The summed E-state index contributed by atoms with van der Waals surface area (Å²) < 4.78 is 0. The van der Waals surface area contributed by atoms with Gasteiger partial charge in [-0.25, -0.2) is 15.0 Å². The number of aryl methyl sites for hydroxylation is 1. The zero-order valence-corrected chi connectivity index (χ0v) is 28.4.